The first-order valence-corrected chi connectivity index (χ1v) is 10.6. The molecule has 1 saturated carbocycles. The van der Waals surface area contributed by atoms with Crippen molar-refractivity contribution in [1.29, 1.82) is 0 Å². The first kappa shape index (κ1) is 17.2. The molecule has 0 bridgehead atoms. The molecular weight excluding hydrogens is 354 g/mol. The van der Waals surface area contributed by atoms with Crippen LogP contribution in [0.25, 0.3) is 10.2 Å². The number of rotatable bonds is 7. The van der Waals surface area contributed by atoms with Crippen molar-refractivity contribution in [3.63, 3.8) is 0 Å². The van der Waals surface area contributed by atoms with Crippen LogP contribution in [0.2, 0.25) is 0 Å². The van der Waals surface area contributed by atoms with Crippen LogP contribution >= 0.6 is 11.3 Å². The molecule has 2 fully saturated rings. The van der Waals surface area contributed by atoms with E-state index in [1.165, 1.54) is 18.5 Å². The fourth-order valence-electron chi connectivity index (χ4n) is 4.33. The van der Waals surface area contributed by atoms with Gasteiger partial charge in [-0.2, -0.15) is 0 Å². The van der Waals surface area contributed by atoms with E-state index in [1.54, 1.807) is 11.3 Å². The average Bonchev–Trinajstić information content (AvgIpc) is 3.17. The Hall–Kier alpha value is -1.95. The number of nitrogens with zero attached hydrogens (tertiary/aromatic N) is 2. The molecule has 4 nitrogen and oxygen atoms in total. The SMILES string of the molecule is CN1CC2CC2C1CNCCc1cccc(Oc2nc3ccccc3s2)c1. The maximum atomic E-state index is 6.01. The van der Waals surface area contributed by atoms with Crippen molar-refractivity contribution >= 4 is 21.6 Å². The van der Waals surface area contributed by atoms with Crippen molar-refractivity contribution in [2.24, 2.45) is 11.8 Å². The number of piperidine rings is 1. The Kier molecular flexibility index (Phi) is 4.60. The molecule has 27 heavy (non-hydrogen) atoms. The van der Waals surface area contributed by atoms with Gasteiger partial charge in [-0.3, -0.25) is 0 Å². The van der Waals surface area contributed by atoms with E-state index >= 15 is 0 Å². The van der Waals surface area contributed by atoms with Gasteiger partial charge in [-0.1, -0.05) is 35.6 Å². The van der Waals surface area contributed by atoms with Gasteiger partial charge in [-0.05, 0) is 68.1 Å². The summed E-state index contributed by atoms with van der Waals surface area (Å²) in [7, 11) is 2.27. The minimum Gasteiger partial charge on any atom is -0.431 e. The maximum absolute atomic E-state index is 6.01. The normalized spacial score (nSPS) is 24.3. The molecule has 3 atom stereocenters. The van der Waals surface area contributed by atoms with Gasteiger partial charge in [-0.15, -0.1) is 0 Å². The Morgan fingerprint density at radius 3 is 3.00 bits per heavy atom. The summed E-state index contributed by atoms with van der Waals surface area (Å²) >= 11 is 1.59. The van der Waals surface area contributed by atoms with Gasteiger partial charge in [0, 0.05) is 19.1 Å². The molecule has 2 heterocycles. The van der Waals surface area contributed by atoms with Crippen molar-refractivity contribution in [3.8, 4) is 10.9 Å². The van der Waals surface area contributed by atoms with Crippen molar-refractivity contribution in [2.45, 2.75) is 18.9 Å². The molecule has 2 aromatic carbocycles. The van der Waals surface area contributed by atoms with Crippen LogP contribution in [-0.4, -0.2) is 42.6 Å². The molecule has 5 rings (SSSR count). The summed E-state index contributed by atoms with van der Waals surface area (Å²) in [5, 5.41) is 4.36. The lowest BCUT2D eigenvalue weighted by molar-refractivity contribution is 0.262. The van der Waals surface area contributed by atoms with E-state index in [0.717, 1.165) is 53.4 Å². The van der Waals surface area contributed by atoms with Crippen LogP contribution in [-0.2, 0) is 6.42 Å². The van der Waals surface area contributed by atoms with Crippen molar-refractivity contribution in [2.75, 3.05) is 26.7 Å². The third-order valence-corrected chi connectivity index (χ3v) is 6.80. The van der Waals surface area contributed by atoms with Gasteiger partial charge in [0.25, 0.3) is 5.19 Å². The Morgan fingerprint density at radius 2 is 2.15 bits per heavy atom. The van der Waals surface area contributed by atoms with Gasteiger partial charge in [-0.25, -0.2) is 4.98 Å². The van der Waals surface area contributed by atoms with E-state index in [4.69, 9.17) is 4.74 Å². The third kappa shape index (κ3) is 3.72. The Balaban J connectivity index is 1.15. The molecule has 140 valence electrons. The summed E-state index contributed by atoms with van der Waals surface area (Å²) in [6, 6.07) is 17.2. The quantitative estimate of drug-likeness (QED) is 0.625. The number of hydrogen-bond donors (Lipinski definition) is 1. The lowest BCUT2D eigenvalue weighted by atomic mass is 10.1. The zero-order chi connectivity index (χ0) is 18.2. The van der Waals surface area contributed by atoms with Gasteiger partial charge in [0.05, 0.1) is 10.2 Å². The van der Waals surface area contributed by atoms with Crippen LogP contribution in [0.5, 0.6) is 10.9 Å². The molecule has 1 aromatic heterocycles. The van der Waals surface area contributed by atoms with E-state index in [-0.39, 0.29) is 0 Å². The van der Waals surface area contributed by atoms with E-state index in [2.05, 4.69) is 46.5 Å². The topological polar surface area (TPSA) is 37.4 Å². The number of thiazole rings is 1. The lowest BCUT2D eigenvalue weighted by Gasteiger charge is -2.23. The number of fused-ring (bicyclic) bond motifs is 2. The molecule has 1 aliphatic carbocycles. The van der Waals surface area contributed by atoms with Gasteiger partial charge in [0.2, 0.25) is 0 Å². The number of hydrogen-bond acceptors (Lipinski definition) is 5. The molecule has 0 spiro atoms. The molecule has 1 N–H and O–H groups in total. The molecule has 3 unspecified atom stereocenters. The zero-order valence-corrected chi connectivity index (χ0v) is 16.4. The number of benzene rings is 2. The molecule has 0 amide bonds. The monoisotopic (exact) mass is 379 g/mol. The fraction of sp³-hybridized carbons (Fsp3) is 0.409. The molecule has 5 heteroatoms. The highest BCUT2D eigenvalue weighted by Crippen LogP contribution is 2.48. The van der Waals surface area contributed by atoms with Crippen LogP contribution in [0.1, 0.15) is 12.0 Å². The summed E-state index contributed by atoms with van der Waals surface area (Å²) in [6.07, 6.45) is 2.46. The first-order chi connectivity index (χ1) is 13.3. The smallest absolute Gasteiger partial charge is 0.279 e. The zero-order valence-electron chi connectivity index (χ0n) is 15.6. The maximum Gasteiger partial charge on any atom is 0.279 e. The van der Waals surface area contributed by atoms with Gasteiger partial charge >= 0.3 is 0 Å². The molecule has 2 aliphatic rings. The average molecular weight is 380 g/mol. The number of likely N-dealkylation sites (N-methyl/N-ethyl adjacent to an activating group) is 1. The predicted octanol–water partition coefficient (Wildman–Crippen LogP) is 4.17. The highest BCUT2D eigenvalue weighted by Gasteiger charge is 2.50. The van der Waals surface area contributed by atoms with Crippen LogP contribution in [0.15, 0.2) is 48.5 Å². The number of aromatic nitrogens is 1. The van der Waals surface area contributed by atoms with E-state index in [0.29, 0.717) is 5.19 Å². The standard InChI is InChI=1S/C22H25N3OS/c1-25-14-16-12-18(16)20(25)13-23-10-9-15-5-4-6-17(11-15)26-22-24-19-7-2-3-8-21(19)27-22/h2-8,11,16,18,20,23H,9-10,12-14H2,1H3. The van der Waals surface area contributed by atoms with Crippen LogP contribution in [0.4, 0.5) is 0 Å². The van der Waals surface area contributed by atoms with Crippen molar-refractivity contribution < 1.29 is 4.74 Å². The summed E-state index contributed by atoms with van der Waals surface area (Å²) in [6.45, 7) is 3.41. The molecule has 1 aliphatic heterocycles. The first-order valence-electron chi connectivity index (χ1n) is 9.79. The van der Waals surface area contributed by atoms with Gasteiger partial charge in [0.1, 0.15) is 5.75 Å². The lowest BCUT2D eigenvalue weighted by Crippen LogP contribution is -2.39. The third-order valence-electron chi connectivity index (χ3n) is 5.88. The minimum atomic E-state index is 0.703. The number of para-hydroxylation sites is 1. The van der Waals surface area contributed by atoms with E-state index in [1.807, 2.05) is 24.3 Å². The predicted molar refractivity (Wildman–Crippen MR) is 111 cm³/mol. The minimum absolute atomic E-state index is 0.703. The highest BCUT2D eigenvalue weighted by molar-refractivity contribution is 7.20. The Labute approximate surface area is 164 Å². The molecule has 3 aromatic rings. The van der Waals surface area contributed by atoms with Gasteiger partial charge in [0.15, 0.2) is 0 Å². The fourth-order valence-corrected chi connectivity index (χ4v) is 5.17. The second-order valence-electron chi connectivity index (χ2n) is 7.82. The number of nitrogens with one attached hydrogen (secondary N) is 1. The van der Waals surface area contributed by atoms with Crippen LogP contribution < -0.4 is 10.1 Å². The summed E-state index contributed by atoms with van der Waals surface area (Å²) in [5.41, 5.74) is 2.29. The number of ether oxygens (including phenoxy) is 1. The molecular formula is C22H25N3OS. The second kappa shape index (κ2) is 7.23. The van der Waals surface area contributed by atoms with Crippen LogP contribution in [0.3, 0.4) is 0 Å². The van der Waals surface area contributed by atoms with Crippen molar-refractivity contribution in [1.82, 2.24) is 15.2 Å². The largest absolute Gasteiger partial charge is 0.431 e. The summed E-state index contributed by atoms with van der Waals surface area (Å²) in [5.74, 6) is 2.80. The highest BCUT2D eigenvalue weighted by atomic mass is 32.1. The van der Waals surface area contributed by atoms with Gasteiger partial charge < -0.3 is 15.0 Å². The molecule has 1 saturated heterocycles. The molecule has 0 radical (unpaired) electrons. The second-order valence-corrected chi connectivity index (χ2v) is 8.81. The van der Waals surface area contributed by atoms with Crippen molar-refractivity contribution in [3.05, 3.63) is 54.1 Å². The summed E-state index contributed by atoms with van der Waals surface area (Å²) < 4.78 is 7.16. The number of likely N-dealkylation sites (tertiary alicyclic amines) is 1. The Morgan fingerprint density at radius 1 is 1.22 bits per heavy atom. The van der Waals surface area contributed by atoms with Crippen LogP contribution in [0, 0.1) is 11.8 Å². The Bertz CT molecular complexity index is 905. The van der Waals surface area contributed by atoms with E-state index in [9.17, 15) is 0 Å². The summed E-state index contributed by atoms with van der Waals surface area (Å²) in [4.78, 5) is 7.08. The van der Waals surface area contributed by atoms with E-state index < -0.39 is 0 Å².